The molecule has 0 spiro atoms. The summed E-state index contributed by atoms with van der Waals surface area (Å²) in [6.45, 7) is 0. The number of aliphatic imine (C=N–C) groups is 1. The molecule has 3 nitrogen and oxygen atoms in total. The van der Waals surface area contributed by atoms with E-state index in [9.17, 15) is 8.42 Å². The third kappa shape index (κ3) is 1.41. The molecule has 0 unspecified atom stereocenters. The lowest BCUT2D eigenvalue weighted by molar-refractivity contribution is 0.615. The second kappa shape index (κ2) is 2.75. The van der Waals surface area contributed by atoms with Crippen LogP contribution in [0, 0.1) is 0 Å². The van der Waals surface area contributed by atoms with Crippen LogP contribution in [0.3, 0.4) is 0 Å². The summed E-state index contributed by atoms with van der Waals surface area (Å²) in [5.41, 5.74) is 0. The van der Waals surface area contributed by atoms with Crippen LogP contribution in [-0.4, -0.2) is 25.5 Å². The second-order valence-corrected chi connectivity index (χ2v) is 4.49. The van der Waals surface area contributed by atoms with E-state index in [2.05, 4.69) is 4.99 Å². The summed E-state index contributed by atoms with van der Waals surface area (Å²) in [5.74, 6) is 0.468. The van der Waals surface area contributed by atoms with Gasteiger partial charge in [-0.15, -0.1) is 0 Å². The fourth-order valence-electron chi connectivity index (χ4n) is 0.589. The lowest BCUT2D eigenvalue weighted by Crippen LogP contribution is -2.10. The van der Waals surface area contributed by atoms with Crippen LogP contribution in [0.15, 0.2) is 16.6 Å². The van der Waals surface area contributed by atoms with Crippen LogP contribution in [0.5, 0.6) is 0 Å². The van der Waals surface area contributed by atoms with Gasteiger partial charge in [0.05, 0.1) is 5.41 Å². The highest BCUT2D eigenvalue weighted by Crippen LogP contribution is 2.09. The van der Waals surface area contributed by atoms with Crippen LogP contribution in [-0.2, 0) is 9.84 Å². The minimum atomic E-state index is -3.10. The Kier molecular flexibility index (Phi) is 2.15. The van der Waals surface area contributed by atoms with E-state index in [4.69, 9.17) is 0 Å². The molecule has 0 amide bonds. The van der Waals surface area contributed by atoms with Gasteiger partial charge in [-0.2, -0.15) is 11.8 Å². The molecule has 1 aliphatic rings. The zero-order valence-corrected chi connectivity index (χ0v) is 7.08. The number of thioether (sulfide) groups is 1. The molecule has 0 saturated heterocycles. The van der Waals surface area contributed by atoms with Crippen LogP contribution in [0.2, 0.25) is 0 Å². The number of sulfone groups is 1. The first-order valence-corrected chi connectivity index (χ1v) is 5.58. The Balaban J connectivity index is 2.84. The molecule has 0 N–H and O–H groups in total. The quantitative estimate of drug-likeness (QED) is 0.622. The van der Waals surface area contributed by atoms with Crippen molar-refractivity contribution in [2.24, 2.45) is 4.99 Å². The lowest BCUT2D eigenvalue weighted by atomic mass is 10.8. The highest BCUT2D eigenvalue weighted by atomic mass is 32.2. The number of hydrogen-bond acceptors (Lipinski definition) is 4. The summed E-state index contributed by atoms with van der Waals surface area (Å²) < 4.78 is 21.8. The highest BCUT2D eigenvalue weighted by molar-refractivity contribution is 8.12. The average molecular weight is 177 g/mol. The van der Waals surface area contributed by atoms with Crippen LogP contribution < -0.4 is 0 Å². The van der Waals surface area contributed by atoms with Crippen molar-refractivity contribution in [1.29, 1.82) is 0 Å². The predicted molar refractivity (Wildman–Crippen MR) is 43.9 cm³/mol. The van der Waals surface area contributed by atoms with Gasteiger partial charge in [0, 0.05) is 12.0 Å². The molecule has 1 rings (SSSR count). The average Bonchev–Trinajstić information content (AvgIpc) is 2.13. The Morgan fingerprint density at radius 3 is 2.80 bits per heavy atom. The van der Waals surface area contributed by atoms with E-state index in [0.717, 1.165) is 5.41 Å². The minimum Gasteiger partial charge on any atom is -0.247 e. The second-order valence-electron chi connectivity index (χ2n) is 1.79. The van der Waals surface area contributed by atoms with Gasteiger partial charge >= 0.3 is 0 Å². The van der Waals surface area contributed by atoms with Crippen molar-refractivity contribution in [3.8, 4) is 0 Å². The number of nitrogens with zero attached hydrogens (tertiary/aromatic N) is 1. The predicted octanol–water partition coefficient (Wildman–Crippen LogP) is 0.647. The molecule has 0 saturated carbocycles. The molecule has 0 radical (unpaired) electrons. The summed E-state index contributed by atoms with van der Waals surface area (Å²) in [7, 11) is -3.10. The smallest absolute Gasteiger partial charge is 0.215 e. The van der Waals surface area contributed by atoms with E-state index in [0.29, 0.717) is 5.75 Å². The maximum atomic E-state index is 10.9. The normalized spacial score (nSPS) is 21.1. The van der Waals surface area contributed by atoms with Crippen molar-refractivity contribution >= 4 is 26.6 Å². The van der Waals surface area contributed by atoms with Gasteiger partial charge in [0.25, 0.3) is 0 Å². The van der Waals surface area contributed by atoms with Gasteiger partial charge in [-0.05, 0) is 6.26 Å². The van der Waals surface area contributed by atoms with Crippen LogP contribution >= 0.6 is 11.8 Å². The van der Waals surface area contributed by atoms with Gasteiger partial charge in [-0.1, -0.05) is 0 Å². The first-order chi connectivity index (χ1) is 4.67. The molecule has 1 aliphatic heterocycles. The fraction of sp³-hybridized carbons (Fsp3) is 0.400. The molecule has 0 atom stereocenters. The van der Waals surface area contributed by atoms with Gasteiger partial charge in [0.1, 0.15) is 5.04 Å². The molecule has 0 aromatic heterocycles. The summed E-state index contributed by atoms with van der Waals surface area (Å²) in [5, 5.41) is 1.39. The Labute approximate surface area is 64.1 Å². The third-order valence-electron chi connectivity index (χ3n) is 1.05. The van der Waals surface area contributed by atoms with E-state index in [1.54, 1.807) is 0 Å². The Morgan fingerprint density at radius 2 is 2.40 bits per heavy atom. The molecule has 0 bridgehead atoms. The van der Waals surface area contributed by atoms with E-state index in [1.165, 1.54) is 18.0 Å². The first kappa shape index (κ1) is 7.81. The van der Waals surface area contributed by atoms with E-state index in [-0.39, 0.29) is 5.04 Å². The first-order valence-electron chi connectivity index (χ1n) is 2.64. The zero-order valence-electron chi connectivity index (χ0n) is 5.44. The Hall–Kier alpha value is -0.290. The van der Waals surface area contributed by atoms with Gasteiger partial charge in [-0.25, -0.2) is 13.4 Å². The lowest BCUT2D eigenvalue weighted by Gasteiger charge is -1.94. The monoisotopic (exact) mass is 177 g/mol. The van der Waals surface area contributed by atoms with Gasteiger partial charge in [0.15, 0.2) is 0 Å². The van der Waals surface area contributed by atoms with Crippen molar-refractivity contribution in [1.82, 2.24) is 0 Å². The summed E-state index contributed by atoms with van der Waals surface area (Å²) >= 11 is 1.45. The van der Waals surface area contributed by atoms with Gasteiger partial charge in [0.2, 0.25) is 9.84 Å². The molecule has 0 fully saturated rings. The van der Waals surface area contributed by atoms with Crippen molar-refractivity contribution in [3.05, 3.63) is 11.6 Å². The van der Waals surface area contributed by atoms with Crippen molar-refractivity contribution in [2.45, 2.75) is 0 Å². The maximum Gasteiger partial charge on any atom is 0.215 e. The topological polar surface area (TPSA) is 46.5 Å². The van der Waals surface area contributed by atoms with E-state index >= 15 is 0 Å². The molecule has 5 heteroatoms. The largest absolute Gasteiger partial charge is 0.247 e. The number of rotatable bonds is 2. The summed E-state index contributed by atoms with van der Waals surface area (Å²) in [4.78, 5) is 3.71. The fourth-order valence-corrected chi connectivity index (χ4v) is 2.51. The summed E-state index contributed by atoms with van der Waals surface area (Å²) in [6, 6.07) is 0. The molecule has 0 aromatic rings. The van der Waals surface area contributed by atoms with E-state index in [1.807, 2.05) is 6.26 Å². The highest BCUT2D eigenvalue weighted by Gasteiger charge is 2.18. The Morgan fingerprint density at radius 1 is 1.70 bits per heavy atom. The Bertz CT molecular complexity index is 276. The van der Waals surface area contributed by atoms with Crippen LogP contribution in [0.1, 0.15) is 0 Å². The van der Waals surface area contributed by atoms with Crippen molar-refractivity contribution in [3.63, 3.8) is 0 Å². The van der Waals surface area contributed by atoms with Crippen LogP contribution in [0.4, 0.5) is 0 Å². The molecule has 10 heavy (non-hydrogen) atoms. The standard InChI is InChI=1S/C5H7NO2S2/c1-9-4-5-6-2-3-10(5,7)8/h2-3H,4H2,1H3. The molecule has 0 aliphatic carbocycles. The molecular weight excluding hydrogens is 170 g/mol. The molecule has 0 aromatic carbocycles. The number of hydrogen-bond donors (Lipinski definition) is 0. The summed E-state index contributed by atoms with van der Waals surface area (Å²) in [6.07, 6.45) is 3.16. The molecular formula is C5H7NO2S2. The van der Waals surface area contributed by atoms with Gasteiger partial charge in [-0.3, -0.25) is 0 Å². The van der Waals surface area contributed by atoms with E-state index < -0.39 is 9.84 Å². The SMILES string of the molecule is CSCC1=NC=CS1(=O)=O. The third-order valence-corrected chi connectivity index (χ3v) is 3.19. The van der Waals surface area contributed by atoms with Crippen molar-refractivity contribution < 1.29 is 8.42 Å². The van der Waals surface area contributed by atoms with Crippen molar-refractivity contribution in [2.75, 3.05) is 12.0 Å². The van der Waals surface area contributed by atoms with Gasteiger partial charge < -0.3 is 0 Å². The zero-order chi connectivity index (χ0) is 7.61. The minimum absolute atomic E-state index is 0.264. The molecule has 1 heterocycles. The maximum absolute atomic E-state index is 10.9. The van der Waals surface area contributed by atoms with Crippen LogP contribution in [0.25, 0.3) is 0 Å². The molecule has 56 valence electrons.